The molecule has 0 aliphatic carbocycles. The van der Waals surface area contributed by atoms with Crippen LogP contribution in [0.15, 0.2) is 30.6 Å². The summed E-state index contributed by atoms with van der Waals surface area (Å²) in [5.41, 5.74) is 1.15. The Labute approximate surface area is 164 Å². The standard InChI is InChI=1S/C20H27N5O3/c1-21-19-8-20(24-12-23-19)25-10-16(26)7-15(25)9-22-14-5-13-6-17(27-2)3-4-18(13)28-11-14/h3-4,6,8,12,14-16,22,26H,5,7,9-11H2,1-2H3,(H,21,23,24)/t14?,15-,16-/m1/s1. The summed E-state index contributed by atoms with van der Waals surface area (Å²) in [4.78, 5) is 10.7. The number of nitrogens with one attached hydrogen (secondary N) is 2. The van der Waals surface area contributed by atoms with Gasteiger partial charge in [0.15, 0.2) is 0 Å². The zero-order valence-electron chi connectivity index (χ0n) is 16.3. The highest BCUT2D eigenvalue weighted by molar-refractivity contribution is 5.50. The van der Waals surface area contributed by atoms with Crippen molar-refractivity contribution in [1.82, 2.24) is 15.3 Å². The first-order valence-corrected chi connectivity index (χ1v) is 9.64. The van der Waals surface area contributed by atoms with Gasteiger partial charge in [-0.2, -0.15) is 0 Å². The summed E-state index contributed by atoms with van der Waals surface area (Å²) in [6.07, 6.45) is 2.80. The SMILES string of the molecule is CNc1cc(N2C[C@H](O)C[C@@H]2CNC2COc3ccc(OC)cc3C2)ncn1. The number of fused-ring (bicyclic) bond motifs is 1. The van der Waals surface area contributed by atoms with Crippen LogP contribution in [0.1, 0.15) is 12.0 Å². The number of β-amino-alcohol motifs (C(OH)–C–C–N with tert-alkyl or cyclic N) is 1. The van der Waals surface area contributed by atoms with Crippen LogP contribution in [0.2, 0.25) is 0 Å². The maximum absolute atomic E-state index is 10.2. The van der Waals surface area contributed by atoms with Crippen molar-refractivity contribution in [2.45, 2.75) is 31.0 Å². The van der Waals surface area contributed by atoms with E-state index in [4.69, 9.17) is 9.47 Å². The molecule has 2 aliphatic rings. The van der Waals surface area contributed by atoms with E-state index in [1.165, 1.54) is 0 Å². The van der Waals surface area contributed by atoms with E-state index in [0.29, 0.717) is 19.6 Å². The van der Waals surface area contributed by atoms with Crippen molar-refractivity contribution < 1.29 is 14.6 Å². The van der Waals surface area contributed by atoms with E-state index >= 15 is 0 Å². The van der Waals surface area contributed by atoms with Gasteiger partial charge in [-0.3, -0.25) is 0 Å². The first-order valence-electron chi connectivity index (χ1n) is 9.64. The van der Waals surface area contributed by atoms with E-state index in [1.807, 2.05) is 31.3 Å². The summed E-state index contributed by atoms with van der Waals surface area (Å²) in [7, 11) is 3.51. The van der Waals surface area contributed by atoms with Gasteiger partial charge >= 0.3 is 0 Å². The molecule has 0 amide bonds. The van der Waals surface area contributed by atoms with Crippen molar-refractivity contribution in [2.24, 2.45) is 0 Å². The topological polar surface area (TPSA) is 91.8 Å². The molecule has 150 valence electrons. The molecular formula is C20H27N5O3. The molecular weight excluding hydrogens is 358 g/mol. The largest absolute Gasteiger partial charge is 0.497 e. The molecule has 3 heterocycles. The Bertz CT molecular complexity index is 818. The van der Waals surface area contributed by atoms with E-state index < -0.39 is 0 Å². The third kappa shape index (κ3) is 3.98. The van der Waals surface area contributed by atoms with Gasteiger partial charge in [0.25, 0.3) is 0 Å². The smallest absolute Gasteiger partial charge is 0.134 e. The highest BCUT2D eigenvalue weighted by atomic mass is 16.5. The van der Waals surface area contributed by atoms with Crippen molar-refractivity contribution in [2.75, 3.05) is 44.1 Å². The molecule has 28 heavy (non-hydrogen) atoms. The predicted octanol–water partition coefficient (Wildman–Crippen LogP) is 1.06. The van der Waals surface area contributed by atoms with Gasteiger partial charge in [0.05, 0.1) is 13.2 Å². The number of aliphatic hydroxyl groups is 1. The maximum Gasteiger partial charge on any atom is 0.134 e. The Morgan fingerprint density at radius 1 is 1.32 bits per heavy atom. The number of methoxy groups -OCH3 is 1. The lowest BCUT2D eigenvalue weighted by molar-refractivity contribution is 0.192. The highest BCUT2D eigenvalue weighted by Gasteiger charge is 2.32. The average Bonchev–Trinajstić information content (AvgIpc) is 3.12. The van der Waals surface area contributed by atoms with Crippen molar-refractivity contribution in [1.29, 1.82) is 0 Å². The fourth-order valence-electron chi connectivity index (χ4n) is 3.94. The molecule has 3 N–H and O–H groups in total. The molecule has 1 aromatic carbocycles. The Kier molecular flexibility index (Phi) is 5.50. The second-order valence-corrected chi connectivity index (χ2v) is 7.30. The number of ether oxygens (including phenoxy) is 2. The van der Waals surface area contributed by atoms with Gasteiger partial charge in [0, 0.05) is 38.3 Å². The van der Waals surface area contributed by atoms with Crippen LogP contribution in [-0.2, 0) is 6.42 Å². The summed E-state index contributed by atoms with van der Waals surface area (Å²) in [5, 5.41) is 16.9. The van der Waals surface area contributed by atoms with Crippen LogP contribution in [0.4, 0.5) is 11.6 Å². The predicted molar refractivity (Wildman–Crippen MR) is 107 cm³/mol. The van der Waals surface area contributed by atoms with E-state index in [1.54, 1.807) is 13.4 Å². The summed E-state index contributed by atoms with van der Waals surface area (Å²) in [5.74, 6) is 3.37. The molecule has 2 aliphatic heterocycles. The van der Waals surface area contributed by atoms with Gasteiger partial charge in [-0.15, -0.1) is 0 Å². The Morgan fingerprint density at radius 3 is 3.04 bits per heavy atom. The summed E-state index contributed by atoms with van der Waals surface area (Å²) in [6, 6.07) is 8.23. The quantitative estimate of drug-likeness (QED) is 0.680. The maximum atomic E-state index is 10.2. The molecule has 0 spiro atoms. The molecule has 1 aromatic heterocycles. The summed E-state index contributed by atoms with van der Waals surface area (Å²) >= 11 is 0. The second-order valence-electron chi connectivity index (χ2n) is 7.30. The fourth-order valence-corrected chi connectivity index (χ4v) is 3.94. The van der Waals surface area contributed by atoms with Crippen molar-refractivity contribution in [3.05, 3.63) is 36.2 Å². The zero-order valence-corrected chi connectivity index (χ0v) is 16.3. The van der Waals surface area contributed by atoms with E-state index in [9.17, 15) is 5.11 Å². The van der Waals surface area contributed by atoms with Crippen LogP contribution in [0.3, 0.4) is 0 Å². The number of anilines is 2. The highest BCUT2D eigenvalue weighted by Crippen LogP contribution is 2.29. The lowest BCUT2D eigenvalue weighted by Gasteiger charge is -2.30. The van der Waals surface area contributed by atoms with E-state index in [2.05, 4.69) is 25.5 Å². The lowest BCUT2D eigenvalue weighted by Crippen LogP contribution is -2.46. The third-order valence-corrected chi connectivity index (χ3v) is 5.41. The molecule has 0 bridgehead atoms. The number of benzene rings is 1. The third-order valence-electron chi connectivity index (χ3n) is 5.41. The minimum absolute atomic E-state index is 0.168. The zero-order chi connectivity index (χ0) is 19.5. The summed E-state index contributed by atoms with van der Waals surface area (Å²) < 4.78 is 11.2. The first-order chi connectivity index (χ1) is 13.7. The fraction of sp³-hybridized carbons (Fsp3) is 0.500. The van der Waals surface area contributed by atoms with Crippen molar-refractivity contribution >= 4 is 11.6 Å². The minimum atomic E-state index is -0.354. The Morgan fingerprint density at radius 2 is 2.21 bits per heavy atom. The van der Waals surface area contributed by atoms with Gasteiger partial charge in [0.2, 0.25) is 0 Å². The van der Waals surface area contributed by atoms with Crippen LogP contribution in [0.5, 0.6) is 11.5 Å². The number of hydrogen-bond acceptors (Lipinski definition) is 8. The lowest BCUT2D eigenvalue weighted by atomic mass is 10.0. The number of rotatable bonds is 6. The molecule has 0 radical (unpaired) electrons. The number of nitrogens with zero attached hydrogens (tertiary/aromatic N) is 3. The normalized spacial score (nSPS) is 23.8. The number of aliphatic hydroxyl groups excluding tert-OH is 1. The van der Waals surface area contributed by atoms with Gasteiger partial charge in [-0.05, 0) is 36.6 Å². The molecule has 2 aromatic rings. The molecule has 1 unspecified atom stereocenters. The van der Waals surface area contributed by atoms with Crippen LogP contribution >= 0.6 is 0 Å². The second kappa shape index (κ2) is 8.20. The van der Waals surface area contributed by atoms with Gasteiger partial charge < -0.3 is 30.1 Å². The van der Waals surface area contributed by atoms with Crippen molar-refractivity contribution in [3.63, 3.8) is 0 Å². The Hall–Kier alpha value is -2.58. The minimum Gasteiger partial charge on any atom is -0.497 e. The average molecular weight is 385 g/mol. The molecule has 1 fully saturated rings. The van der Waals surface area contributed by atoms with E-state index in [-0.39, 0.29) is 18.2 Å². The molecule has 3 atom stereocenters. The van der Waals surface area contributed by atoms with E-state index in [0.717, 1.165) is 41.7 Å². The van der Waals surface area contributed by atoms with Gasteiger partial charge in [-0.1, -0.05) is 0 Å². The van der Waals surface area contributed by atoms with Crippen molar-refractivity contribution in [3.8, 4) is 11.5 Å². The van der Waals surface area contributed by atoms with Gasteiger partial charge in [0.1, 0.15) is 36.1 Å². The Balaban J connectivity index is 1.40. The molecule has 8 heteroatoms. The molecule has 8 nitrogen and oxygen atoms in total. The summed E-state index contributed by atoms with van der Waals surface area (Å²) in [6.45, 7) is 1.96. The molecule has 4 rings (SSSR count). The van der Waals surface area contributed by atoms with Crippen LogP contribution < -0.4 is 25.0 Å². The van der Waals surface area contributed by atoms with Crippen LogP contribution in [0.25, 0.3) is 0 Å². The number of hydrogen-bond donors (Lipinski definition) is 3. The molecule has 1 saturated heterocycles. The van der Waals surface area contributed by atoms with Crippen LogP contribution in [0, 0.1) is 0 Å². The number of aromatic nitrogens is 2. The monoisotopic (exact) mass is 385 g/mol. The van der Waals surface area contributed by atoms with Gasteiger partial charge in [-0.25, -0.2) is 9.97 Å². The molecule has 0 saturated carbocycles. The first kappa shape index (κ1) is 18.8. The van der Waals surface area contributed by atoms with Crippen LogP contribution in [-0.4, -0.2) is 67.1 Å².